The number of aliphatic hydroxyl groups is 1. The summed E-state index contributed by atoms with van der Waals surface area (Å²) in [4.78, 5) is 11.8. The number of aliphatic carboxylic acids is 1. The highest BCUT2D eigenvalue weighted by atomic mass is 16.4. The maximum atomic E-state index is 11.8. The van der Waals surface area contributed by atoms with Crippen molar-refractivity contribution in [2.45, 2.75) is 89.1 Å². The van der Waals surface area contributed by atoms with Crippen molar-refractivity contribution in [2.24, 2.45) is 5.41 Å². The average molecular weight is 268 g/mol. The van der Waals surface area contributed by atoms with Crippen LogP contribution in [-0.2, 0) is 4.79 Å². The number of hydrogen-bond acceptors (Lipinski definition) is 2. The van der Waals surface area contributed by atoms with Gasteiger partial charge in [-0.3, -0.25) is 4.79 Å². The lowest BCUT2D eigenvalue weighted by Gasteiger charge is -2.41. The van der Waals surface area contributed by atoms with Crippen molar-refractivity contribution in [3.63, 3.8) is 0 Å². The Morgan fingerprint density at radius 1 is 0.789 bits per heavy atom. The molecule has 2 saturated carbocycles. The van der Waals surface area contributed by atoms with E-state index < -0.39 is 17.0 Å². The molecule has 2 rings (SSSR count). The van der Waals surface area contributed by atoms with Gasteiger partial charge in [0.25, 0.3) is 0 Å². The first kappa shape index (κ1) is 14.8. The van der Waals surface area contributed by atoms with Crippen LogP contribution in [0, 0.1) is 5.41 Å². The molecular weight excluding hydrogens is 240 g/mol. The predicted molar refractivity (Wildman–Crippen MR) is 75.0 cm³/mol. The average Bonchev–Trinajstić information content (AvgIpc) is 2.33. The number of carboxylic acid groups (broad SMARTS) is 1. The minimum atomic E-state index is -0.712. The van der Waals surface area contributed by atoms with Crippen molar-refractivity contribution >= 4 is 5.97 Å². The molecule has 0 aromatic heterocycles. The summed E-state index contributed by atoms with van der Waals surface area (Å²) in [5.41, 5.74) is -1.37. The minimum absolute atomic E-state index is 0.481. The van der Waals surface area contributed by atoms with Crippen molar-refractivity contribution in [3.8, 4) is 0 Å². The van der Waals surface area contributed by atoms with Gasteiger partial charge in [0, 0.05) is 0 Å². The Kier molecular flexibility index (Phi) is 4.88. The van der Waals surface area contributed by atoms with Crippen LogP contribution >= 0.6 is 0 Å². The summed E-state index contributed by atoms with van der Waals surface area (Å²) in [6, 6.07) is 0. The van der Waals surface area contributed by atoms with E-state index in [1.54, 1.807) is 0 Å². The first-order chi connectivity index (χ1) is 9.06. The molecule has 2 N–H and O–H groups in total. The zero-order valence-electron chi connectivity index (χ0n) is 12.0. The first-order valence-corrected chi connectivity index (χ1v) is 8.02. The van der Waals surface area contributed by atoms with E-state index in [4.69, 9.17) is 0 Å². The molecule has 0 aromatic rings. The monoisotopic (exact) mass is 268 g/mol. The topological polar surface area (TPSA) is 57.5 Å². The van der Waals surface area contributed by atoms with Crippen LogP contribution in [0.4, 0.5) is 0 Å². The van der Waals surface area contributed by atoms with Gasteiger partial charge < -0.3 is 10.2 Å². The lowest BCUT2D eigenvalue weighted by molar-refractivity contribution is -0.156. The van der Waals surface area contributed by atoms with Crippen LogP contribution in [0.15, 0.2) is 0 Å². The van der Waals surface area contributed by atoms with Crippen LogP contribution in [0.25, 0.3) is 0 Å². The highest BCUT2D eigenvalue weighted by Crippen LogP contribution is 2.45. The molecule has 2 aliphatic carbocycles. The maximum absolute atomic E-state index is 11.8. The predicted octanol–water partition coefficient (Wildman–Crippen LogP) is 3.89. The van der Waals surface area contributed by atoms with Crippen molar-refractivity contribution in [3.05, 3.63) is 0 Å². The molecule has 0 saturated heterocycles. The molecule has 0 bridgehead atoms. The van der Waals surface area contributed by atoms with Crippen LogP contribution in [0.1, 0.15) is 83.5 Å². The molecule has 0 unspecified atom stereocenters. The van der Waals surface area contributed by atoms with Gasteiger partial charge in [-0.25, -0.2) is 0 Å². The largest absolute Gasteiger partial charge is 0.481 e. The summed E-state index contributed by atoms with van der Waals surface area (Å²) in [5, 5.41) is 20.5. The van der Waals surface area contributed by atoms with Crippen LogP contribution in [-0.4, -0.2) is 21.8 Å². The zero-order valence-corrected chi connectivity index (χ0v) is 12.0. The molecule has 0 aliphatic heterocycles. The van der Waals surface area contributed by atoms with Crippen LogP contribution in [0.5, 0.6) is 0 Å². The molecule has 2 fully saturated rings. The molecule has 0 amide bonds. The number of carbonyl (C=O) groups is 1. The van der Waals surface area contributed by atoms with Gasteiger partial charge in [-0.2, -0.15) is 0 Å². The second kappa shape index (κ2) is 6.25. The van der Waals surface area contributed by atoms with Crippen molar-refractivity contribution < 1.29 is 15.0 Å². The quantitative estimate of drug-likeness (QED) is 0.816. The second-order valence-electron chi connectivity index (χ2n) is 6.82. The van der Waals surface area contributed by atoms with Gasteiger partial charge in [-0.05, 0) is 32.1 Å². The minimum Gasteiger partial charge on any atom is -0.481 e. The van der Waals surface area contributed by atoms with E-state index in [0.717, 1.165) is 64.2 Å². The maximum Gasteiger partial charge on any atom is 0.309 e. The highest BCUT2D eigenvalue weighted by Gasteiger charge is 2.45. The summed E-state index contributed by atoms with van der Waals surface area (Å²) in [7, 11) is 0. The van der Waals surface area contributed by atoms with Crippen LogP contribution < -0.4 is 0 Å². The van der Waals surface area contributed by atoms with Crippen molar-refractivity contribution in [1.29, 1.82) is 0 Å². The highest BCUT2D eigenvalue weighted by molar-refractivity contribution is 5.74. The Morgan fingerprint density at radius 2 is 1.21 bits per heavy atom. The Balaban J connectivity index is 2.10. The van der Waals surface area contributed by atoms with E-state index in [2.05, 4.69) is 0 Å². The molecule has 19 heavy (non-hydrogen) atoms. The van der Waals surface area contributed by atoms with Crippen LogP contribution in [0.2, 0.25) is 0 Å². The lowest BCUT2D eigenvalue weighted by atomic mass is 9.66. The van der Waals surface area contributed by atoms with E-state index in [1.165, 1.54) is 12.8 Å². The van der Waals surface area contributed by atoms with E-state index >= 15 is 0 Å². The first-order valence-electron chi connectivity index (χ1n) is 8.02. The molecule has 3 heteroatoms. The Labute approximate surface area is 116 Å². The van der Waals surface area contributed by atoms with Gasteiger partial charge in [0.05, 0.1) is 11.0 Å². The summed E-state index contributed by atoms with van der Waals surface area (Å²) >= 11 is 0. The van der Waals surface area contributed by atoms with Crippen molar-refractivity contribution in [1.82, 2.24) is 0 Å². The Bertz CT molecular complexity index is 297. The molecule has 0 spiro atoms. The van der Waals surface area contributed by atoms with Crippen LogP contribution in [0.3, 0.4) is 0 Å². The molecule has 0 atom stereocenters. The van der Waals surface area contributed by atoms with E-state index in [9.17, 15) is 15.0 Å². The molecule has 0 radical (unpaired) electrons. The van der Waals surface area contributed by atoms with Gasteiger partial charge in [0.1, 0.15) is 0 Å². The molecule has 110 valence electrons. The van der Waals surface area contributed by atoms with E-state index in [1.807, 2.05) is 0 Å². The fraction of sp³-hybridized carbons (Fsp3) is 0.938. The summed E-state index contributed by atoms with van der Waals surface area (Å²) in [6.07, 6.45) is 12.4. The normalized spacial score (nSPS) is 27.2. The third kappa shape index (κ3) is 3.71. The molecule has 3 nitrogen and oxygen atoms in total. The fourth-order valence-electron chi connectivity index (χ4n) is 4.06. The van der Waals surface area contributed by atoms with Gasteiger partial charge in [-0.1, -0.05) is 51.4 Å². The van der Waals surface area contributed by atoms with Gasteiger partial charge in [0.2, 0.25) is 0 Å². The third-order valence-electron chi connectivity index (χ3n) is 5.22. The zero-order chi connectivity index (χ0) is 13.8. The number of carboxylic acids is 1. The Morgan fingerprint density at radius 3 is 1.74 bits per heavy atom. The summed E-state index contributed by atoms with van der Waals surface area (Å²) in [5.74, 6) is -0.673. The van der Waals surface area contributed by atoms with Gasteiger partial charge >= 0.3 is 5.97 Å². The lowest BCUT2D eigenvalue weighted by Crippen LogP contribution is -2.43. The standard InChI is InChI=1S/C16H28O3/c17-14(18)15(9-5-2-1-3-6-10-15)13-16(19)11-7-4-8-12-16/h19H,1-13H2,(H,17,18). The third-order valence-corrected chi connectivity index (χ3v) is 5.22. The number of hydrogen-bond donors (Lipinski definition) is 2. The Hall–Kier alpha value is -0.570. The van der Waals surface area contributed by atoms with E-state index in [-0.39, 0.29) is 0 Å². The molecular formula is C16H28O3. The fourth-order valence-corrected chi connectivity index (χ4v) is 4.06. The smallest absolute Gasteiger partial charge is 0.309 e. The second-order valence-corrected chi connectivity index (χ2v) is 6.82. The molecule has 0 aromatic carbocycles. The van der Waals surface area contributed by atoms with Gasteiger partial charge in [0.15, 0.2) is 0 Å². The summed E-state index contributed by atoms with van der Waals surface area (Å²) < 4.78 is 0. The summed E-state index contributed by atoms with van der Waals surface area (Å²) in [6.45, 7) is 0. The number of rotatable bonds is 3. The van der Waals surface area contributed by atoms with E-state index in [0.29, 0.717) is 6.42 Å². The van der Waals surface area contributed by atoms with Gasteiger partial charge in [-0.15, -0.1) is 0 Å². The molecule has 2 aliphatic rings. The SMILES string of the molecule is O=C(O)C1(CC2(O)CCCCC2)CCCCCCC1. The van der Waals surface area contributed by atoms with Crippen molar-refractivity contribution in [2.75, 3.05) is 0 Å². The molecule has 0 heterocycles.